The van der Waals surface area contributed by atoms with Crippen LogP contribution in [0.3, 0.4) is 0 Å². The van der Waals surface area contributed by atoms with E-state index in [-0.39, 0.29) is 0 Å². The van der Waals surface area contributed by atoms with Crippen LogP contribution in [0.1, 0.15) is 11.1 Å². The molecule has 0 amide bonds. The van der Waals surface area contributed by atoms with Crippen LogP contribution in [0, 0.1) is 11.3 Å². The normalized spacial score (nSPS) is 10.5. The number of halogens is 1. The number of nitrogens with two attached hydrogens (primary N) is 1. The fourth-order valence-electron chi connectivity index (χ4n) is 1.93. The summed E-state index contributed by atoms with van der Waals surface area (Å²) >= 11 is 3.55. The summed E-state index contributed by atoms with van der Waals surface area (Å²) in [5.41, 5.74) is 11.2. The molecule has 2 aromatic rings. The Labute approximate surface area is 138 Å². The van der Waals surface area contributed by atoms with E-state index in [2.05, 4.69) is 38.5 Å². The Bertz CT molecular complexity index is 676. The van der Waals surface area contributed by atoms with Crippen LogP contribution in [0.15, 0.2) is 58.0 Å². The van der Waals surface area contributed by atoms with Gasteiger partial charge in [0, 0.05) is 4.47 Å². The zero-order valence-corrected chi connectivity index (χ0v) is 13.5. The first-order valence-corrected chi connectivity index (χ1v) is 7.48. The van der Waals surface area contributed by atoms with E-state index in [9.17, 15) is 0 Å². The van der Waals surface area contributed by atoms with Gasteiger partial charge in [-0.05, 0) is 35.9 Å². The van der Waals surface area contributed by atoms with Gasteiger partial charge in [0.15, 0.2) is 0 Å². The van der Waals surface area contributed by atoms with Gasteiger partial charge in [0.05, 0.1) is 30.2 Å². The predicted octanol–water partition coefficient (Wildman–Crippen LogP) is 2.78. The van der Waals surface area contributed by atoms with Gasteiger partial charge in [-0.15, -0.1) is 0 Å². The SMILES string of the molecule is N#Cc1ccc(N(Cc2ccccc2Br)NCN=CN)cc1. The van der Waals surface area contributed by atoms with Gasteiger partial charge in [0.1, 0.15) is 6.67 Å². The summed E-state index contributed by atoms with van der Waals surface area (Å²) in [5, 5.41) is 10.9. The molecule has 2 aromatic carbocycles. The van der Waals surface area contributed by atoms with Crippen LogP contribution in [0.25, 0.3) is 0 Å². The molecule has 0 aliphatic heterocycles. The van der Waals surface area contributed by atoms with Crippen molar-refractivity contribution in [2.24, 2.45) is 10.7 Å². The Morgan fingerprint density at radius 2 is 1.95 bits per heavy atom. The summed E-state index contributed by atoms with van der Waals surface area (Å²) in [6.45, 7) is 1.02. The largest absolute Gasteiger partial charge is 0.390 e. The van der Waals surface area contributed by atoms with E-state index in [1.165, 1.54) is 6.34 Å². The Morgan fingerprint density at radius 3 is 2.59 bits per heavy atom. The van der Waals surface area contributed by atoms with Crippen molar-refractivity contribution < 1.29 is 0 Å². The lowest BCUT2D eigenvalue weighted by atomic mass is 10.2. The van der Waals surface area contributed by atoms with Crippen LogP contribution in [0.2, 0.25) is 0 Å². The lowest BCUT2D eigenvalue weighted by molar-refractivity contribution is 0.634. The first-order chi connectivity index (χ1) is 10.7. The van der Waals surface area contributed by atoms with Crippen molar-refractivity contribution in [1.29, 1.82) is 5.26 Å². The molecule has 0 unspecified atom stereocenters. The number of aliphatic imine (C=N–C) groups is 1. The standard InChI is InChI=1S/C16H16BrN5/c17-16-4-2-1-3-14(16)10-22(21-12-20-11-19)15-7-5-13(9-18)6-8-15/h1-8,11,21H,10,12H2,(H2,19,20). The van der Waals surface area contributed by atoms with E-state index in [0.717, 1.165) is 15.7 Å². The third-order valence-corrected chi connectivity index (χ3v) is 3.83. The molecule has 0 bridgehead atoms. The highest BCUT2D eigenvalue weighted by molar-refractivity contribution is 9.10. The van der Waals surface area contributed by atoms with Crippen LogP contribution < -0.4 is 16.2 Å². The number of benzene rings is 2. The minimum atomic E-state index is 0.376. The molecule has 2 rings (SSSR count). The fourth-order valence-corrected chi connectivity index (χ4v) is 2.34. The predicted molar refractivity (Wildman–Crippen MR) is 92.2 cm³/mol. The molecule has 5 nitrogen and oxygen atoms in total. The Hall–Kier alpha value is -2.36. The summed E-state index contributed by atoms with van der Waals surface area (Å²) in [4.78, 5) is 3.97. The Kier molecular flexibility index (Phi) is 5.95. The lowest BCUT2D eigenvalue weighted by Gasteiger charge is -2.25. The Morgan fingerprint density at radius 1 is 1.23 bits per heavy atom. The van der Waals surface area contributed by atoms with Crippen molar-refractivity contribution in [2.75, 3.05) is 11.7 Å². The number of hydrogen-bond acceptors (Lipinski definition) is 4. The summed E-state index contributed by atoms with van der Waals surface area (Å²) in [5.74, 6) is 0. The zero-order chi connectivity index (χ0) is 15.8. The smallest absolute Gasteiger partial charge is 0.107 e. The van der Waals surface area contributed by atoms with Crippen molar-refractivity contribution in [2.45, 2.75) is 6.54 Å². The van der Waals surface area contributed by atoms with Gasteiger partial charge in [-0.25, -0.2) is 5.43 Å². The number of anilines is 1. The maximum Gasteiger partial charge on any atom is 0.107 e. The quantitative estimate of drug-likeness (QED) is 0.473. The van der Waals surface area contributed by atoms with Crippen LogP contribution in [0.4, 0.5) is 5.69 Å². The summed E-state index contributed by atoms with van der Waals surface area (Å²) in [6, 6.07) is 17.5. The van der Waals surface area contributed by atoms with Gasteiger partial charge in [-0.3, -0.25) is 4.99 Å². The van der Waals surface area contributed by atoms with Gasteiger partial charge in [0.25, 0.3) is 0 Å². The molecule has 0 radical (unpaired) electrons. The van der Waals surface area contributed by atoms with Crippen LogP contribution in [-0.2, 0) is 6.54 Å². The average molecular weight is 358 g/mol. The van der Waals surface area contributed by atoms with E-state index in [1.54, 1.807) is 12.1 Å². The summed E-state index contributed by atoms with van der Waals surface area (Å²) in [6.07, 6.45) is 1.27. The first-order valence-electron chi connectivity index (χ1n) is 6.69. The van der Waals surface area contributed by atoms with E-state index in [0.29, 0.717) is 18.8 Å². The number of hydrazine groups is 1. The van der Waals surface area contributed by atoms with Gasteiger partial charge in [0.2, 0.25) is 0 Å². The third kappa shape index (κ3) is 4.32. The maximum absolute atomic E-state index is 8.89. The number of hydrogen-bond donors (Lipinski definition) is 2. The van der Waals surface area contributed by atoms with E-state index < -0.39 is 0 Å². The monoisotopic (exact) mass is 357 g/mol. The number of nitrogens with zero attached hydrogens (tertiary/aromatic N) is 3. The molecule has 0 atom stereocenters. The van der Waals surface area contributed by atoms with Crippen LogP contribution in [0.5, 0.6) is 0 Å². The third-order valence-electron chi connectivity index (χ3n) is 3.05. The lowest BCUT2D eigenvalue weighted by Crippen LogP contribution is -2.38. The number of rotatable bonds is 6. The first kappa shape index (κ1) is 16.0. The summed E-state index contributed by atoms with van der Waals surface area (Å²) in [7, 11) is 0. The van der Waals surface area contributed by atoms with Crippen molar-refractivity contribution in [3.8, 4) is 6.07 Å². The molecule has 0 spiro atoms. The molecule has 0 saturated heterocycles. The summed E-state index contributed by atoms with van der Waals surface area (Å²) < 4.78 is 1.04. The second kappa shape index (κ2) is 8.17. The van der Waals surface area contributed by atoms with E-state index in [1.807, 2.05) is 35.3 Å². The topological polar surface area (TPSA) is 77.4 Å². The van der Waals surface area contributed by atoms with Crippen LogP contribution in [-0.4, -0.2) is 13.0 Å². The van der Waals surface area contributed by atoms with Crippen molar-refractivity contribution >= 4 is 28.0 Å². The molecule has 0 aromatic heterocycles. The minimum Gasteiger partial charge on any atom is -0.390 e. The highest BCUT2D eigenvalue weighted by Crippen LogP contribution is 2.21. The van der Waals surface area contributed by atoms with Gasteiger partial charge in [-0.2, -0.15) is 5.26 Å². The highest BCUT2D eigenvalue weighted by atomic mass is 79.9. The fraction of sp³-hybridized carbons (Fsp3) is 0.125. The molecule has 0 heterocycles. The van der Waals surface area contributed by atoms with Crippen molar-refractivity contribution in [3.05, 3.63) is 64.1 Å². The molecule has 0 fully saturated rings. The molecule has 3 N–H and O–H groups in total. The molecule has 0 aliphatic carbocycles. The van der Waals surface area contributed by atoms with Crippen molar-refractivity contribution in [3.63, 3.8) is 0 Å². The average Bonchev–Trinajstić information content (AvgIpc) is 2.56. The van der Waals surface area contributed by atoms with Gasteiger partial charge >= 0.3 is 0 Å². The van der Waals surface area contributed by atoms with Gasteiger partial charge in [-0.1, -0.05) is 34.1 Å². The zero-order valence-electron chi connectivity index (χ0n) is 11.9. The number of nitrogens with one attached hydrogen (secondary N) is 1. The highest BCUT2D eigenvalue weighted by Gasteiger charge is 2.09. The van der Waals surface area contributed by atoms with E-state index >= 15 is 0 Å². The second-order valence-electron chi connectivity index (χ2n) is 4.48. The molecular formula is C16H16BrN5. The van der Waals surface area contributed by atoms with E-state index in [4.69, 9.17) is 11.0 Å². The Balaban J connectivity index is 2.21. The molecular weight excluding hydrogens is 342 g/mol. The van der Waals surface area contributed by atoms with Crippen LogP contribution >= 0.6 is 15.9 Å². The second-order valence-corrected chi connectivity index (χ2v) is 5.34. The van der Waals surface area contributed by atoms with Crippen molar-refractivity contribution in [1.82, 2.24) is 5.43 Å². The molecule has 0 saturated carbocycles. The minimum absolute atomic E-state index is 0.376. The molecule has 22 heavy (non-hydrogen) atoms. The number of nitriles is 1. The maximum atomic E-state index is 8.89. The molecule has 112 valence electrons. The molecule has 6 heteroatoms. The van der Waals surface area contributed by atoms with Gasteiger partial charge < -0.3 is 10.7 Å². The molecule has 0 aliphatic rings.